The molecule has 0 saturated carbocycles. The molecule has 0 heterocycles. The fraction of sp³-hybridized carbons (Fsp3) is 0.333. The summed E-state index contributed by atoms with van der Waals surface area (Å²) >= 11 is 0. The number of alkyl halides is 3. The molecule has 5 nitrogen and oxygen atoms in total. The standard InChI is InChI=1S/C30H32F3NO4/c1-19(13-15-38-26-10-6-24(7-11-26)29(37)34-14-12-27(35)36)16-22-17-20(2)28(21(3)18-22)23-4-8-25(9-5-23)30(31,32)33/h4-11,17-19H,12-16H2,1-3H3,(H,34,37)(H,35,36). The highest BCUT2D eigenvalue weighted by atomic mass is 19.4. The van der Waals surface area contributed by atoms with Crippen molar-refractivity contribution in [3.63, 3.8) is 0 Å². The largest absolute Gasteiger partial charge is 0.494 e. The molecule has 0 aliphatic rings. The molecule has 8 heteroatoms. The molecule has 202 valence electrons. The lowest BCUT2D eigenvalue weighted by molar-refractivity contribution is -0.138. The Balaban J connectivity index is 1.51. The van der Waals surface area contributed by atoms with Gasteiger partial charge in [0.1, 0.15) is 5.75 Å². The van der Waals surface area contributed by atoms with Crippen molar-refractivity contribution in [1.29, 1.82) is 0 Å². The number of carboxylic acid groups (broad SMARTS) is 1. The lowest BCUT2D eigenvalue weighted by Crippen LogP contribution is -2.25. The molecule has 1 amide bonds. The molecule has 0 aliphatic heterocycles. The van der Waals surface area contributed by atoms with E-state index in [0.717, 1.165) is 47.2 Å². The van der Waals surface area contributed by atoms with Crippen LogP contribution >= 0.6 is 0 Å². The molecule has 0 fully saturated rings. The summed E-state index contributed by atoms with van der Waals surface area (Å²) in [6.45, 7) is 6.68. The Morgan fingerprint density at radius 3 is 2.13 bits per heavy atom. The zero-order valence-electron chi connectivity index (χ0n) is 21.7. The Hall–Kier alpha value is -3.81. The van der Waals surface area contributed by atoms with Gasteiger partial charge in [0, 0.05) is 12.1 Å². The van der Waals surface area contributed by atoms with Crippen molar-refractivity contribution in [2.24, 2.45) is 5.92 Å². The van der Waals surface area contributed by atoms with E-state index in [1.165, 1.54) is 17.7 Å². The van der Waals surface area contributed by atoms with E-state index in [4.69, 9.17) is 9.84 Å². The Morgan fingerprint density at radius 1 is 0.974 bits per heavy atom. The summed E-state index contributed by atoms with van der Waals surface area (Å²) in [6, 6.07) is 16.2. The van der Waals surface area contributed by atoms with Gasteiger partial charge in [-0.1, -0.05) is 31.2 Å². The number of nitrogens with one attached hydrogen (secondary N) is 1. The minimum absolute atomic E-state index is 0.0706. The van der Waals surface area contributed by atoms with Crippen molar-refractivity contribution >= 4 is 11.9 Å². The van der Waals surface area contributed by atoms with Crippen molar-refractivity contribution in [2.45, 2.75) is 46.2 Å². The molecular weight excluding hydrogens is 495 g/mol. The number of amides is 1. The Morgan fingerprint density at radius 2 is 1.58 bits per heavy atom. The van der Waals surface area contributed by atoms with E-state index in [2.05, 4.69) is 24.4 Å². The average molecular weight is 528 g/mol. The number of carboxylic acids is 1. The molecule has 0 aliphatic carbocycles. The molecule has 38 heavy (non-hydrogen) atoms. The summed E-state index contributed by atoms with van der Waals surface area (Å²) in [7, 11) is 0. The van der Waals surface area contributed by atoms with Gasteiger partial charge in [-0.05, 0) is 96.8 Å². The van der Waals surface area contributed by atoms with Gasteiger partial charge in [0.25, 0.3) is 5.91 Å². The lowest BCUT2D eigenvalue weighted by atomic mass is 9.90. The maximum Gasteiger partial charge on any atom is 0.416 e. The first-order valence-electron chi connectivity index (χ1n) is 12.4. The molecule has 1 unspecified atom stereocenters. The smallest absolute Gasteiger partial charge is 0.416 e. The minimum Gasteiger partial charge on any atom is -0.494 e. The highest BCUT2D eigenvalue weighted by molar-refractivity contribution is 5.94. The summed E-state index contributed by atoms with van der Waals surface area (Å²) in [6.07, 6.45) is -2.83. The van der Waals surface area contributed by atoms with Crippen molar-refractivity contribution in [2.75, 3.05) is 13.2 Å². The van der Waals surface area contributed by atoms with E-state index in [1.807, 2.05) is 13.8 Å². The maximum atomic E-state index is 12.9. The van der Waals surface area contributed by atoms with Crippen LogP contribution in [-0.2, 0) is 17.4 Å². The van der Waals surface area contributed by atoms with Crippen molar-refractivity contribution < 1.29 is 32.6 Å². The molecule has 3 aromatic rings. The van der Waals surface area contributed by atoms with E-state index in [9.17, 15) is 22.8 Å². The second-order valence-electron chi connectivity index (χ2n) is 9.55. The average Bonchev–Trinajstić information content (AvgIpc) is 2.83. The number of halogens is 3. The van der Waals surface area contributed by atoms with E-state index in [-0.39, 0.29) is 18.9 Å². The van der Waals surface area contributed by atoms with Gasteiger partial charge in [-0.15, -0.1) is 0 Å². The van der Waals surface area contributed by atoms with Crippen LogP contribution in [0.15, 0.2) is 60.7 Å². The predicted octanol–water partition coefficient (Wildman–Crippen LogP) is 6.84. The maximum absolute atomic E-state index is 12.9. The number of hydrogen-bond acceptors (Lipinski definition) is 3. The number of aliphatic carboxylic acids is 1. The van der Waals surface area contributed by atoms with Crippen LogP contribution < -0.4 is 10.1 Å². The predicted molar refractivity (Wildman–Crippen MR) is 140 cm³/mol. The molecule has 0 spiro atoms. The van der Waals surface area contributed by atoms with E-state index < -0.39 is 17.7 Å². The molecule has 2 N–H and O–H groups in total. The Labute approximate surface area is 220 Å². The normalized spacial score (nSPS) is 12.2. The number of carbonyl (C=O) groups excluding carboxylic acids is 1. The quantitative estimate of drug-likeness (QED) is 0.286. The molecular formula is C30H32F3NO4. The molecule has 0 bridgehead atoms. The third-order valence-electron chi connectivity index (χ3n) is 6.30. The fourth-order valence-corrected chi connectivity index (χ4v) is 4.42. The summed E-state index contributed by atoms with van der Waals surface area (Å²) in [4.78, 5) is 22.6. The van der Waals surface area contributed by atoms with Gasteiger partial charge in [0.15, 0.2) is 0 Å². The molecule has 3 aromatic carbocycles. The van der Waals surface area contributed by atoms with E-state index >= 15 is 0 Å². The van der Waals surface area contributed by atoms with Gasteiger partial charge in [0.2, 0.25) is 0 Å². The number of aryl methyl sites for hydroxylation is 2. The Kier molecular flexibility index (Phi) is 9.55. The van der Waals surface area contributed by atoms with Crippen LogP contribution in [0.1, 0.15) is 52.4 Å². The van der Waals surface area contributed by atoms with Crippen LogP contribution in [0.2, 0.25) is 0 Å². The van der Waals surface area contributed by atoms with E-state index in [1.54, 1.807) is 24.3 Å². The molecule has 0 aromatic heterocycles. The van der Waals surface area contributed by atoms with Crippen molar-refractivity contribution in [1.82, 2.24) is 5.32 Å². The van der Waals surface area contributed by atoms with Crippen LogP contribution in [0.3, 0.4) is 0 Å². The van der Waals surface area contributed by atoms with Crippen LogP contribution in [0.5, 0.6) is 5.75 Å². The van der Waals surface area contributed by atoms with Crippen LogP contribution in [-0.4, -0.2) is 30.1 Å². The van der Waals surface area contributed by atoms with Gasteiger partial charge in [-0.2, -0.15) is 13.2 Å². The third-order valence-corrected chi connectivity index (χ3v) is 6.30. The number of hydrogen-bond donors (Lipinski definition) is 2. The van der Waals surface area contributed by atoms with Crippen molar-refractivity contribution in [3.8, 4) is 16.9 Å². The van der Waals surface area contributed by atoms with Gasteiger partial charge in [0.05, 0.1) is 18.6 Å². The van der Waals surface area contributed by atoms with Gasteiger partial charge < -0.3 is 15.2 Å². The van der Waals surface area contributed by atoms with Gasteiger partial charge >= 0.3 is 12.1 Å². The number of ether oxygens (including phenoxy) is 1. The summed E-state index contributed by atoms with van der Waals surface area (Å²) in [5.74, 6) is -0.318. The van der Waals surface area contributed by atoms with Gasteiger partial charge in [-0.25, -0.2) is 0 Å². The minimum atomic E-state index is -4.35. The van der Waals surface area contributed by atoms with Crippen LogP contribution in [0.4, 0.5) is 13.2 Å². The SMILES string of the molecule is Cc1cc(CC(C)CCOc2ccc(C(=O)NCCC(=O)O)cc2)cc(C)c1-c1ccc(C(F)(F)F)cc1. The third kappa shape index (κ3) is 8.10. The lowest BCUT2D eigenvalue weighted by Gasteiger charge is -2.17. The second kappa shape index (κ2) is 12.6. The van der Waals surface area contributed by atoms with Crippen LogP contribution in [0, 0.1) is 19.8 Å². The summed E-state index contributed by atoms with van der Waals surface area (Å²) < 4.78 is 44.5. The number of rotatable bonds is 11. The highest BCUT2D eigenvalue weighted by Gasteiger charge is 2.30. The first-order valence-corrected chi connectivity index (χ1v) is 12.4. The first kappa shape index (κ1) is 28.8. The molecule has 1 atom stereocenters. The first-order chi connectivity index (χ1) is 17.9. The second-order valence-corrected chi connectivity index (χ2v) is 9.55. The van der Waals surface area contributed by atoms with Crippen molar-refractivity contribution in [3.05, 3.63) is 88.5 Å². The number of carbonyl (C=O) groups is 2. The highest BCUT2D eigenvalue weighted by Crippen LogP contribution is 2.33. The molecule has 0 saturated heterocycles. The molecule has 0 radical (unpaired) electrons. The van der Waals surface area contributed by atoms with E-state index in [0.29, 0.717) is 23.8 Å². The summed E-state index contributed by atoms with van der Waals surface area (Å²) in [5.41, 5.74) is 4.72. The Bertz CT molecular complexity index is 1230. The zero-order valence-corrected chi connectivity index (χ0v) is 21.7. The molecule has 3 rings (SSSR count). The monoisotopic (exact) mass is 527 g/mol. The topological polar surface area (TPSA) is 75.6 Å². The van der Waals surface area contributed by atoms with Gasteiger partial charge in [-0.3, -0.25) is 9.59 Å². The fourth-order valence-electron chi connectivity index (χ4n) is 4.42. The zero-order chi connectivity index (χ0) is 27.9. The number of benzene rings is 3. The summed E-state index contributed by atoms with van der Waals surface area (Å²) in [5, 5.41) is 11.2. The van der Waals surface area contributed by atoms with Crippen LogP contribution in [0.25, 0.3) is 11.1 Å².